The van der Waals surface area contributed by atoms with E-state index in [0.717, 1.165) is 4.68 Å². The zero-order chi connectivity index (χ0) is 12.4. The van der Waals surface area contributed by atoms with Crippen molar-refractivity contribution in [2.24, 2.45) is 7.05 Å². The van der Waals surface area contributed by atoms with E-state index in [1.165, 1.54) is 31.3 Å². The van der Waals surface area contributed by atoms with Crippen molar-refractivity contribution in [3.05, 3.63) is 40.4 Å². The number of halogens is 1. The van der Waals surface area contributed by atoms with Crippen molar-refractivity contribution in [3.63, 3.8) is 0 Å². The van der Waals surface area contributed by atoms with Crippen molar-refractivity contribution >= 4 is 17.5 Å². The van der Waals surface area contributed by atoms with E-state index in [9.17, 15) is 9.18 Å². The lowest BCUT2D eigenvalue weighted by atomic mass is 10.3. The molecule has 0 fully saturated rings. The lowest BCUT2D eigenvalue weighted by Gasteiger charge is -2.06. The molecule has 1 aromatic carbocycles. The van der Waals surface area contributed by atoms with E-state index < -0.39 is 5.56 Å². The van der Waals surface area contributed by atoms with Crippen LogP contribution in [-0.2, 0) is 7.05 Å². The standard InChI is InChI=1S/C10H10FN5O/c1-16-9(17)8(12)14-10(15-16)13-7-4-2-6(11)3-5-7/h2-5H,1H3,(H3,12,13,14,15). The zero-order valence-electron chi connectivity index (χ0n) is 9.01. The Morgan fingerprint density at radius 3 is 2.59 bits per heavy atom. The number of aromatic nitrogens is 3. The summed E-state index contributed by atoms with van der Waals surface area (Å²) in [4.78, 5) is 15.0. The third-order valence-electron chi connectivity index (χ3n) is 2.08. The molecule has 0 aliphatic rings. The second-order valence-corrected chi connectivity index (χ2v) is 3.38. The van der Waals surface area contributed by atoms with Crippen LogP contribution in [0, 0.1) is 5.82 Å². The summed E-state index contributed by atoms with van der Waals surface area (Å²) in [6.07, 6.45) is 0. The molecule has 0 aliphatic carbocycles. The number of hydrogen-bond donors (Lipinski definition) is 2. The van der Waals surface area contributed by atoms with Crippen LogP contribution in [0.5, 0.6) is 0 Å². The summed E-state index contributed by atoms with van der Waals surface area (Å²) < 4.78 is 13.8. The van der Waals surface area contributed by atoms with Crippen molar-refractivity contribution < 1.29 is 4.39 Å². The molecule has 0 radical (unpaired) electrons. The monoisotopic (exact) mass is 235 g/mol. The highest BCUT2D eigenvalue weighted by molar-refractivity contribution is 5.53. The average Bonchev–Trinajstić information content (AvgIpc) is 2.29. The molecule has 6 nitrogen and oxygen atoms in total. The van der Waals surface area contributed by atoms with Crippen molar-refractivity contribution in [2.45, 2.75) is 0 Å². The van der Waals surface area contributed by atoms with Crippen LogP contribution in [0.2, 0.25) is 0 Å². The minimum Gasteiger partial charge on any atom is -0.379 e. The second-order valence-electron chi connectivity index (χ2n) is 3.38. The normalized spacial score (nSPS) is 10.2. The average molecular weight is 235 g/mol. The summed E-state index contributed by atoms with van der Waals surface area (Å²) in [7, 11) is 1.47. The molecule has 2 rings (SSSR count). The highest BCUT2D eigenvalue weighted by Crippen LogP contribution is 2.12. The number of nitrogens with one attached hydrogen (secondary N) is 1. The molecule has 0 unspecified atom stereocenters. The molecule has 0 saturated heterocycles. The van der Waals surface area contributed by atoms with Gasteiger partial charge in [0.2, 0.25) is 5.95 Å². The fourth-order valence-corrected chi connectivity index (χ4v) is 1.25. The molecule has 1 aromatic heterocycles. The number of hydrogen-bond acceptors (Lipinski definition) is 5. The first kappa shape index (κ1) is 11.1. The van der Waals surface area contributed by atoms with Crippen molar-refractivity contribution in [2.75, 3.05) is 11.1 Å². The van der Waals surface area contributed by atoms with Gasteiger partial charge in [-0.05, 0) is 24.3 Å². The number of anilines is 3. The number of nitrogen functional groups attached to an aromatic ring is 1. The third-order valence-corrected chi connectivity index (χ3v) is 2.08. The van der Waals surface area contributed by atoms with E-state index in [2.05, 4.69) is 15.4 Å². The minimum absolute atomic E-state index is 0.146. The fourth-order valence-electron chi connectivity index (χ4n) is 1.25. The molecule has 0 saturated carbocycles. The van der Waals surface area contributed by atoms with Gasteiger partial charge in [0.1, 0.15) is 5.82 Å². The first-order valence-electron chi connectivity index (χ1n) is 4.79. The first-order valence-corrected chi connectivity index (χ1v) is 4.79. The SMILES string of the molecule is Cn1nc(Nc2ccc(F)cc2)nc(N)c1=O. The van der Waals surface area contributed by atoms with Gasteiger partial charge >= 0.3 is 5.56 Å². The highest BCUT2D eigenvalue weighted by atomic mass is 19.1. The van der Waals surface area contributed by atoms with Crippen LogP contribution >= 0.6 is 0 Å². The predicted octanol–water partition coefficient (Wildman–Crippen LogP) is 0.640. The molecule has 0 spiro atoms. The van der Waals surface area contributed by atoms with Gasteiger partial charge in [0.05, 0.1) is 0 Å². The van der Waals surface area contributed by atoms with E-state index in [1.54, 1.807) is 0 Å². The van der Waals surface area contributed by atoms with Crippen molar-refractivity contribution in [1.29, 1.82) is 0 Å². The molecular formula is C10H10FN5O. The van der Waals surface area contributed by atoms with Gasteiger partial charge in [0.15, 0.2) is 5.82 Å². The van der Waals surface area contributed by atoms with Crippen LogP contribution in [0.15, 0.2) is 29.1 Å². The topological polar surface area (TPSA) is 85.8 Å². The molecule has 0 atom stereocenters. The number of benzene rings is 1. The Morgan fingerprint density at radius 2 is 2.00 bits per heavy atom. The van der Waals surface area contributed by atoms with E-state index in [4.69, 9.17) is 5.73 Å². The van der Waals surface area contributed by atoms with Gasteiger partial charge in [0.25, 0.3) is 0 Å². The van der Waals surface area contributed by atoms with E-state index in [1.807, 2.05) is 0 Å². The van der Waals surface area contributed by atoms with E-state index in [-0.39, 0.29) is 17.6 Å². The summed E-state index contributed by atoms with van der Waals surface area (Å²) in [5, 5.41) is 6.67. The molecule has 88 valence electrons. The molecular weight excluding hydrogens is 225 g/mol. The predicted molar refractivity (Wildman–Crippen MR) is 61.4 cm³/mol. The van der Waals surface area contributed by atoms with Crippen LogP contribution in [0.1, 0.15) is 0 Å². The van der Waals surface area contributed by atoms with Gasteiger partial charge < -0.3 is 11.1 Å². The number of nitrogens with two attached hydrogens (primary N) is 1. The van der Waals surface area contributed by atoms with Crippen LogP contribution in [0.4, 0.5) is 21.8 Å². The summed E-state index contributed by atoms with van der Waals surface area (Å²) in [5.74, 6) is -0.306. The molecule has 2 aromatic rings. The Labute approximate surface area is 95.9 Å². The largest absolute Gasteiger partial charge is 0.379 e. The van der Waals surface area contributed by atoms with Crippen LogP contribution in [-0.4, -0.2) is 14.8 Å². The number of rotatable bonds is 2. The van der Waals surface area contributed by atoms with Gasteiger partial charge in [0, 0.05) is 12.7 Å². The molecule has 0 aliphatic heterocycles. The summed E-state index contributed by atoms with van der Waals surface area (Å²) in [6, 6.07) is 5.65. The van der Waals surface area contributed by atoms with Gasteiger partial charge in [-0.1, -0.05) is 0 Å². The van der Waals surface area contributed by atoms with Crippen LogP contribution in [0.25, 0.3) is 0 Å². The highest BCUT2D eigenvalue weighted by Gasteiger charge is 2.04. The molecule has 17 heavy (non-hydrogen) atoms. The quantitative estimate of drug-likeness (QED) is 0.797. The minimum atomic E-state index is -0.463. The number of aryl methyl sites for hydroxylation is 1. The molecule has 0 bridgehead atoms. The molecule has 1 heterocycles. The maximum Gasteiger partial charge on any atom is 0.309 e. The Kier molecular flexibility index (Phi) is 2.73. The van der Waals surface area contributed by atoms with Crippen molar-refractivity contribution in [3.8, 4) is 0 Å². The van der Waals surface area contributed by atoms with Crippen molar-refractivity contribution in [1.82, 2.24) is 14.8 Å². The molecule has 0 amide bonds. The smallest absolute Gasteiger partial charge is 0.309 e. The van der Waals surface area contributed by atoms with Gasteiger partial charge in [-0.15, -0.1) is 5.10 Å². The van der Waals surface area contributed by atoms with E-state index >= 15 is 0 Å². The van der Waals surface area contributed by atoms with Crippen LogP contribution in [0.3, 0.4) is 0 Å². The fraction of sp³-hybridized carbons (Fsp3) is 0.100. The number of nitrogens with zero attached hydrogens (tertiary/aromatic N) is 3. The maximum atomic E-state index is 12.7. The van der Waals surface area contributed by atoms with Gasteiger partial charge in [-0.25, -0.2) is 9.07 Å². The Balaban J connectivity index is 2.30. The summed E-state index contributed by atoms with van der Waals surface area (Å²) in [6.45, 7) is 0. The zero-order valence-corrected chi connectivity index (χ0v) is 9.01. The van der Waals surface area contributed by atoms with E-state index in [0.29, 0.717) is 5.69 Å². The summed E-state index contributed by atoms with van der Waals surface area (Å²) >= 11 is 0. The third kappa shape index (κ3) is 2.39. The molecule has 7 heteroatoms. The molecule has 3 N–H and O–H groups in total. The Morgan fingerprint density at radius 1 is 1.35 bits per heavy atom. The van der Waals surface area contributed by atoms with Crippen LogP contribution < -0.4 is 16.6 Å². The lowest BCUT2D eigenvalue weighted by Crippen LogP contribution is -2.25. The summed E-state index contributed by atoms with van der Waals surface area (Å²) in [5.41, 5.74) is 5.55. The lowest BCUT2D eigenvalue weighted by molar-refractivity contribution is 0.628. The van der Waals surface area contributed by atoms with Gasteiger partial charge in [-0.2, -0.15) is 4.98 Å². The first-order chi connectivity index (χ1) is 8.06. The Hall–Kier alpha value is -2.44. The Bertz CT molecular complexity index is 566. The second kappa shape index (κ2) is 4.20. The van der Waals surface area contributed by atoms with Gasteiger partial charge in [-0.3, -0.25) is 4.79 Å². The maximum absolute atomic E-state index is 12.7.